The average Bonchev–Trinajstić information content (AvgIpc) is 2.17. The van der Waals surface area contributed by atoms with Crippen LogP contribution in [-0.2, 0) is 0 Å². The van der Waals surface area contributed by atoms with Gasteiger partial charge < -0.3 is 0 Å². The lowest BCUT2D eigenvalue weighted by Gasteiger charge is -1.97. The molecule has 0 aliphatic carbocycles. The Morgan fingerprint density at radius 1 is 1.57 bits per heavy atom. The van der Waals surface area contributed by atoms with E-state index in [1.165, 1.54) is 12.1 Å². The quantitative estimate of drug-likeness (QED) is 0.334. The lowest BCUT2D eigenvalue weighted by molar-refractivity contribution is -0.384. The first-order valence-corrected chi connectivity index (χ1v) is 4.04. The zero-order valence-electron chi connectivity index (χ0n) is 7.07. The lowest BCUT2D eigenvalue weighted by atomic mass is 10.1. The molecule has 0 atom stereocenters. The number of benzene rings is 1. The second kappa shape index (κ2) is 4.02. The van der Waals surface area contributed by atoms with Gasteiger partial charge in [-0.2, -0.15) is 0 Å². The Morgan fingerprint density at radius 2 is 2.21 bits per heavy atom. The summed E-state index contributed by atoms with van der Waals surface area (Å²) in [6, 6.07) is 3.86. The topological polar surface area (TPSA) is 60.2 Å². The molecule has 0 aromatic heterocycles. The zero-order chi connectivity index (χ0) is 10.7. The summed E-state index contributed by atoms with van der Waals surface area (Å²) in [6.07, 6.45) is 1.09. The van der Waals surface area contributed by atoms with Gasteiger partial charge in [-0.05, 0) is 18.2 Å². The van der Waals surface area contributed by atoms with E-state index in [1.807, 2.05) is 0 Å². The summed E-state index contributed by atoms with van der Waals surface area (Å²) in [5.74, 6) is -0.371. The molecule has 0 aliphatic heterocycles. The van der Waals surface area contributed by atoms with Crippen LogP contribution in [0.5, 0.6) is 0 Å². The van der Waals surface area contributed by atoms with Crippen LogP contribution in [-0.4, -0.2) is 10.7 Å². The van der Waals surface area contributed by atoms with Gasteiger partial charge in [0.25, 0.3) is 5.69 Å². The van der Waals surface area contributed by atoms with Gasteiger partial charge in [0.05, 0.1) is 4.92 Å². The number of halogens is 1. The molecule has 0 fully saturated rings. The Kier molecular flexibility index (Phi) is 2.99. The molecule has 72 valence electrons. The summed E-state index contributed by atoms with van der Waals surface area (Å²) in [7, 11) is 0. The predicted molar refractivity (Wildman–Crippen MR) is 52.6 cm³/mol. The van der Waals surface area contributed by atoms with Gasteiger partial charge in [-0.15, -0.1) is 0 Å². The molecular formula is C9H6ClNO3. The maximum atomic E-state index is 11.1. The highest BCUT2D eigenvalue weighted by Crippen LogP contribution is 2.25. The normalized spacial score (nSPS) is 9.50. The molecule has 0 unspecified atom stereocenters. The first kappa shape index (κ1) is 10.4. The van der Waals surface area contributed by atoms with Crippen LogP contribution in [0.1, 0.15) is 10.4 Å². The number of carbonyl (C=O) groups is 1. The van der Waals surface area contributed by atoms with Crippen LogP contribution >= 0.6 is 11.6 Å². The van der Waals surface area contributed by atoms with Gasteiger partial charge in [0.2, 0.25) is 0 Å². The molecule has 0 aliphatic rings. The van der Waals surface area contributed by atoms with Crippen molar-refractivity contribution < 1.29 is 9.72 Å². The summed E-state index contributed by atoms with van der Waals surface area (Å²) in [5, 5.41) is 10.5. The Labute approximate surface area is 85.0 Å². The van der Waals surface area contributed by atoms with Crippen LogP contribution in [0, 0.1) is 10.1 Å². The molecule has 1 rings (SSSR count). The van der Waals surface area contributed by atoms with Crippen LogP contribution in [0.25, 0.3) is 0 Å². The Balaban J connectivity index is 3.25. The number of carbonyl (C=O) groups excluding carboxylic acids is 1. The molecule has 0 radical (unpaired) electrons. The van der Waals surface area contributed by atoms with E-state index in [0.717, 1.165) is 12.1 Å². The van der Waals surface area contributed by atoms with Crippen LogP contribution in [0.15, 0.2) is 30.9 Å². The van der Waals surface area contributed by atoms with Gasteiger partial charge in [-0.3, -0.25) is 14.9 Å². The number of nitro benzene ring substituents is 1. The SMILES string of the molecule is C=CC(=O)c1ccc(Cl)c([N+](=O)[O-])c1. The number of nitro groups is 1. The van der Waals surface area contributed by atoms with Gasteiger partial charge in [-0.25, -0.2) is 0 Å². The zero-order valence-corrected chi connectivity index (χ0v) is 7.82. The number of hydrogen-bond acceptors (Lipinski definition) is 3. The molecule has 4 nitrogen and oxygen atoms in total. The molecule has 0 amide bonds. The van der Waals surface area contributed by atoms with Crippen molar-refractivity contribution in [3.63, 3.8) is 0 Å². The van der Waals surface area contributed by atoms with Gasteiger partial charge in [0.15, 0.2) is 5.78 Å². The van der Waals surface area contributed by atoms with Crippen LogP contribution in [0.4, 0.5) is 5.69 Å². The maximum Gasteiger partial charge on any atom is 0.288 e. The molecule has 0 saturated carbocycles. The molecule has 5 heteroatoms. The summed E-state index contributed by atoms with van der Waals surface area (Å²) in [4.78, 5) is 20.9. The van der Waals surface area contributed by atoms with E-state index in [1.54, 1.807) is 0 Å². The first-order chi connectivity index (χ1) is 6.56. The number of ketones is 1. The lowest BCUT2D eigenvalue weighted by Crippen LogP contribution is -1.96. The third kappa shape index (κ3) is 1.97. The smallest absolute Gasteiger partial charge is 0.288 e. The molecule has 0 saturated heterocycles. The highest BCUT2D eigenvalue weighted by molar-refractivity contribution is 6.32. The summed E-state index contributed by atoms with van der Waals surface area (Å²) in [5.41, 5.74) is -0.0736. The largest absolute Gasteiger partial charge is 0.289 e. The number of hydrogen-bond donors (Lipinski definition) is 0. The van der Waals surface area contributed by atoms with Crippen molar-refractivity contribution in [1.29, 1.82) is 0 Å². The van der Waals surface area contributed by atoms with Crippen molar-refractivity contribution in [1.82, 2.24) is 0 Å². The second-order valence-electron chi connectivity index (χ2n) is 2.49. The minimum Gasteiger partial charge on any atom is -0.289 e. The monoisotopic (exact) mass is 211 g/mol. The number of nitrogens with zero attached hydrogens (tertiary/aromatic N) is 1. The fourth-order valence-electron chi connectivity index (χ4n) is 0.924. The third-order valence-corrected chi connectivity index (χ3v) is 1.93. The Bertz CT molecular complexity index is 415. The van der Waals surface area contributed by atoms with E-state index in [-0.39, 0.29) is 22.1 Å². The van der Waals surface area contributed by atoms with Gasteiger partial charge in [0, 0.05) is 11.6 Å². The summed E-state index contributed by atoms with van der Waals surface area (Å²) in [6.45, 7) is 3.28. The highest BCUT2D eigenvalue weighted by atomic mass is 35.5. The van der Waals surface area contributed by atoms with E-state index in [2.05, 4.69) is 6.58 Å². The minimum absolute atomic E-state index is 0.00983. The minimum atomic E-state index is -0.637. The van der Waals surface area contributed by atoms with Crippen LogP contribution in [0.2, 0.25) is 5.02 Å². The van der Waals surface area contributed by atoms with E-state index >= 15 is 0 Å². The van der Waals surface area contributed by atoms with Crippen LogP contribution < -0.4 is 0 Å². The van der Waals surface area contributed by atoms with E-state index in [9.17, 15) is 14.9 Å². The molecule has 0 heterocycles. The number of rotatable bonds is 3. The van der Waals surface area contributed by atoms with Crippen molar-refractivity contribution >= 4 is 23.1 Å². The number of allylic oxidation sites excluding steroid dienone is 1. The molecule has 0 bridgehead atoms. The maximum absolute atomic E-state index is 11.1. The van der Waals surface area contributed by atoms with Crippen molar-refractivity contribution in [3.05, 3.63) is 51.6 Å². The molecule has 0 N–H and O–H groups in total. The van der Waals surface area contributed by atoms with Gasteiger partial charge in [-0.1, -0.05) is 18.2 Å². The van der Waals surface area contributed by atoms with Crippen molar-refractivity contribution in [3.8, 4) is 0 Å². The standard InChI is InChI=1S/C9H6ClNO3/c1-2-9(12)6-3-4-7(10)8(5-6)11(13)14/h2-5H,1H2. The van der Waals surface area contributed by atoms with E-state index in [4.69, 9.17) is 11.6 Å². The molecule has 14 heavy (non-hydrogen) atoms. The Hall–Kier alpha value is -1.68. The van der Waals surface area contributed by atoms with Gasteiger partial charge in [0.1, 0.15) is 5.02 Å². The van der Waals surface area contributed by atoms with Crippen molar-refractivity contribution in [2.24, 2.45) is 0 Å². The highest BCUT2D eigenvalue weighted by Gasteiger charge is 2.14. The summed E-state index contributed by atoms with van der Waals surface area (Å²) >= 11 is 5.56. The molecule has 0 spiro atoms. The third-order valence-electron chi connectivity index (χ3n) is 1.61. The molecule has 1 aromatic rings. The fraction of sp³-hybridized carbons (Fsp3) is 0. The van der Waals surface area contributed by atoms with E-state index in [0.29, 0.717) is 0 Å². The summed E-state index contributed by atoms with van der Waals surface area (Å²) < 4.78 is 0. The first-order valence-electron chi connectivity index (χ1n) is 3.67. The van der Waals surface area contributed by atoms with E-state index < -0.39 is 4.92 Å². The predicted octanol–water partition coefficient (Wildman–Crippen LogP) is 2.62. The van der Waals surface area contributed by atoms with Gasteiger partial charge >= 0.3 is 0 Å². The average molecular weight is 212 g/mol. The fourth-order valence-corrected chi connectivity index (χ4v) is 1.11. The molecular weight excluding hydrogens is 206 g/mol. The molecule has 1 aromatic carbocycles. The Morgan fingerprint density at radius 3 is 2.71 bits per heavy atom. The van der Waals surface area contributed by atoms with Crippen LogP contribution in [0.3, 0.4) is 0 Å². The van der Waals surface area contributed by atoms with Crippen molar-refractivity contribution in [2.75, 3.05) is 0 Å². The van der Waals surface area contributed by atoms with Crippen molar-refractivity contribution in [2.45, 2.75) is 0 Å². The second-order valence-corrected chi connectivity index (χ2v) is 2.90.